The molecule has 0 spiro atoms. The van der Waals surface area contributed by atoms with Gasteiger partial charge in [-0.15, -0.1) is 11.3 Å². The molecule has 7 nitrogen and oxygen atoms in total. The van der Waals surface area contributed by atoms with Crippen molar-refractivity contribution in [2.24, 2.45) is 0 Å². The fraction of sp³-hybridized carbons (Fsp3) is 0.250. The normalized spacial score (nSPS) is 10.7. The topological polar surface area (TPSA) is 94.9 Å². The van der Waals surface area contributed by atoms with Gasteiger partial charge in [0, 0.05) is 11.3 Å². The zero-order chi connectivity index (χ0) is 20.4. The van der Waals surface area contributed by atoms with Gasteiger partial charge in [-0.2, -0.15) is 5.26 Å². The second-order valence-corrected chi connectivity index (χ2v) is 6.36. The highest BCUT2D eigenvalue weighted by molar-refractivity contribution is 7.09. The summed E-state index contributed by atoms with van der Waals surface area (Å²) < 4.78 is 20.1. The highest BCUT2D eigenvalue weighted by Crippen LogP contribution is 2.29. The molecule has 0 aliphatic rings. The number of hydrogen-bond acceptors (Lipinski definition) is 8. The maximum Gasteiger partial charge on any atom is 0.513 e. The van der Waals surface area contributed by atoms with Crippen LogP contribution >= 0.6 is 11.3 Å². The van der Waals surface area contributed by atoms with E-state index in [0.29, 0.717) is 17.7 Å². The second kappa shape index (κ2) is 10.7. The van der Waals surface area contributed by atoms with E-state index >= 15 is 0 Å². The summed E-state index contributed by atoms with van der Waals surface area (Å²) in [6.45, 7) is 2.00. The zero-order valence-corrected chi connectivity index (χ0v) is 16.3. The van der Waals surface area contributed by atoms with E-state index in [-0.39, 0.29) is 24.5 Å². The number of nitrogens with zero attached hydrogens (tertiary/aromatic N) is 1. The molecule has 0 atom stereocenters. The molecule has 0 aliphatic carbocycles. The van der Waals surface area contributed by atoms with Gasteiger partial charge in [-0.1, -0.05) is 12.1 Å². The first-order valence-corrected chi connectivity index (χ1v) is 9.29. The van der Waals surface area contributed by atoms with Crippen molar-refractivity contribution >= 4 is 29.5 Å². The number of ether oxygens (including phenoxy) is 4. The Bertz CT molecular complexity index is 883. The molecule has 0 N–H and O–H groups in total. The Kier molecular flexibility index (Phi) is 8.06. The molecule has 1 heterocycles. The number of carbonyl (C=O) groups excluding carboxylic acids is 2. The van der Waals surface area contributed by atoms with Crippen LogP contribution in [0.2, 0.25) is 0 Å². The van der Waals surface area contributed by atoms with Crippen molar-refractivity contribution < 1.29 is 28.5 Å². The van der Waals surface area contributed by atoms with Gasteiger partial charge in [-0.25, -0.2) is 9.59 Å². The third kappa shape index (κ3) is 6.14. The molecule has 0 radical (unpaired) electrons. The lowest BCUT2D eigenvalue weighted by atomic mass is 10.1. The number of nitriles is 1. The standard InChI is InChI=1S/C20H19NO6S/c1-3-25-20(23)27-18-12-14(6-7-17(18)24-2)11-15(13-21)19(22)26-9-8-16-5-4-10-28-16/h4-7,10-12H,3,8-9H2,1-2H3/b15-11+. The van der Waals surface area contributed by atoms with Crippen LogP contribution in [0.5, 0.6) is 11.5 Å². The zero-order valence-electron chi connectivity index (χ0n) is 15.5. The molecule has 28 heavy (non-hydrogen) atoms. The third-order valence-electron chi connectivity index (χ3n) is 3.46. The molecular formula is C20H19NO6S. The van der Waals surface area contributed by atoms with E-state index in [9.17, 15) is 14.9 Å². The summed E-state index contributed by atoms with van der Waals surface area (Å²) >= 11 is 1.57. The monoisotopic (exact) mass is 401 g/mol. The molecule has 0 amide bonds. The Hall–Kier alpha value is -3.31. The second-order valence-electron chi connectivity index (χ2n) is 5.33. The highest BCUT2D eigenvalue weighted by atomic mass is 32.1. The maximum absolute atomic E-state index is 12.1. The van der Waals surface area contributed by atoms with Crippen LogP contribution in [-0.2, 0) is 20.7 Å². The molecular weight excluding hydrogens is 382 g/mol. The van der Waals surface area contributed by atoms with Gasteiger partial charge >= 0.3 is 12.1 Å². The summed E-state index contributed by atoms with van der Waals surface area (Å²) in [5.41, 5.74) is 0.297. The summed E-state index contributed by atoms with van der Waals surface area (Å²) in [6, 6.07) is 10.3. The van der Waals surface area contributed by atoms with Gasteiger partial charge in [0.1, 0.15) is 11.6 Å². The van der Waals surface area contributed by atoms with Gasteiger partial charge < -0.3 is 18.9 Å². The lowest BCUT2D eigenvalue weighted by Gasteiger charge is -2.10. The molecule has 0 saturated heterocycles. The Labute approximate surface area is 166 Å². The van der Waals surface area contributed by atoms with E-state index in [1.165, 1.54) is 19.3 Å². The van der Waals surface area contributed by atoms with Crippen molar-refractivity contribution in [1.82, 2.24) is 0 Å². The van der Waals surface area contributed by atoms with E-state index in [2.05, 4.69) is 0 Å². The lowest BCUT2D eigenvalue weighted by Crippen LogP contribution is -2.11. The largest absolute Gasteiger partial charge is 0.513 e. The van der Waals surface area contributed by atoms with Gasteiger partial charge in [0.05, 0.1) is 20.3 Å². The average Bonchev–Trinajstić information content (AvgIpc) is 3.20. The van der Waals surface area contributed by atoms with Crippen molar-refractivity contribution in [3.05, 3.63) is 51.7 Å². The van der Waals surface area contributed by atoms with Gasteiger partial charge in [0.15, 0.2) is 11.5 Å². The number of benzene rings is 1. The molecule has 8 heteroatoms. The first-order valence-electron chi connectivity index (χ1n) is 8.41. The summed E-state index contributed by atoms with van der Waals surface area (Å²) in [5, 5.41) is 11.2. The van der Waals surface area contributed by atoms with Crippen molar-refractivity contribution in [2.75, 3.05) is 20.3 Å². The number of thiophene rings is 1. The van der Waals surface area contributed by atoms with Crippen LogP contribution in [0.15, 0.2) is 41.3 Å². The molecule has 1 aromatic heterocycles. The lowest BCUT2D eigenvalue weighted by molar-refractivity contribution is -0.138. The number of esters is 1. The first-order chi connectivity index (χ1) is 13.6. The van der Waals surface area contributed by atoms with Crippen molar-refractivity contribution in [3.63, 3.8) is 0 Å². The predicted molar refractivity (Wildman–Crippen MR) is 103 cm³/mol. The predicted octanol–water partition coefficient (Wildman–Crippen LogP) is 3.98. The summed E-state index contributed by atoms with van der Waals surface area (Å²) in [7, 11) is 1.43. The third-order valence-corrected chi connectivity index (χ3v) is 4.39. The molecule has 0 unspecified atom stereocenters. The van der Waals surface area contributed by atoms with Gasteiger partial charge in [0.2, 0.25) is 0 Å². The maximum atomic E-state index is 12.1. The van der Waals surface area contributed by atoms with Gasteiger partial charge in [0.25, 0.3) is 0 Å². The average molecular weight is 401 g/mol. The highest BCUT2D eigenvalue weighted by Gasteiger charge is 2.14. The van der Waals surface area contributed by atoms with Gasteiger partial charge in [-0.05, 0) is 42.1 Å². The van der Waals surface area contributed by atoms with Crippen molar-refractivity contribution in [2.45, 2.75) is 13.3 Å². The minimum atomic E-state index is -0.879. The van der Waals surface area contributed by atoms with Crippen LogP contribution in [-0.4, -0.2) is 32.4 Å². The number of methoxy groups -OCH3 is 1. The molecule has 2 aromatic rings. The fourth-order valence-corrected chi connectivity index (χ4v) is 2.87. The van der Waals surface area contributed by atoms with E-state index in [0.717, 1.165) is 4.88 Å². The molecule has 0 fully saturated rings. The minimum absolute atomic E-state index is 0.109. The van der Waals surface area contributed by atoms with E-state index in [1.807, 2.05) is 23.6 Å². The van der Waals surface area contributed by atoms with Crippen molar-refractivity contribution in [3.8, 4) is 17.6 Å². The summed E-state index contributed by atoms with van der Waals surface area (Å²) in [4.78, 5) is 24.8. The molecule has 0 bridgehead atoms. The Balaban J connectivity index is 2.10. The van der Waals surface area contributed by atoms with Gasteiger partial charge in [-0.3, -0.25) is 0 Å². The molecule has 2 rings (SSSR count). The molecule has 0 aliphatic heterocycles. The Morgan fingerprint density at radius 3 is 2.68 bits per heavy atom. The summed E-state index contributed by atoms with van der Waals surface area (Å²) in [6.07, 6.45) is 1.06. The van der Waals surface area contributed by atoms with Crippen LogP contribution < -0.4 is 9.47 Å². The van der Waals surface area contributed by atoms with Crippen LogP contribution in [0.3, 0.4) is 0 Å². The van der Waals surface area contributed by atoms with E-state index in [4.69, 9.17) is 18.9 Å². The number of rotatable bonds is 8. The smallest absolute Gasteiger partial charge is 0.493 e. The Morgan fingerprint density at radius 1 is 1.21 bits per heavy atom. The minimum Gasteiger partial charge on any atom is -0.493 e. The van der Waals surface area contributed by atoms with E-state index in [1.54, 1.807) is 30.4 Å². The van der Waals surface area contributed by atoms with Crippen molar-refractivity contribution in [1.29, 1.82) is 5.26 Å². The van der Waals surface area contributed by atoms with Crippen LogP contribution in [0.25, 0.3) is 6.08 Å². The van der Waals surface area contributed by atoms with Crippen LogP contribution in [0, 0.1) is 11.3 Å². The van der Waals surface area contributed by atoms with Crippen LogP contribution in [0.1, 0.15) is 17.4 Å². The first kappa shape index (κ1) is 21.0. The summed E-state index contributed by atoms with van der Waals surface area (Å²) in [5.74, 6) is -0.303. The fourth-order valence-electron chi connectivity index (χ4n) is 2.18. The quantitative estimate of drug-likeness (QED) is 0.286. The Morgan fingerprint density at radius 2 is 2.04 bits per heavy atom. The number of carbonyl (C=O) groups is 2. The SMILES string of the molecule is CCOC(=O)Oc1cc(/C=C(\C#N)C(=O)OCCc2cccs2)ccc1OC. The van der Waals surface area contributed by atoms with Crippen LogP contribution in [0.4, 0.5) is 4.79 Å². The number of hydrogen-bond donors (Lipinski definition) is 0. The molecule has 1 aromatic carbocycles. The molecule has 0 saturated carbocycles. The molecule has 146 valence electrons. The van der Waals surface area contributed by atoms with E-state index < -0.39 is 12.1 Å².